The lowest BCUT2D eigenvalue weighted by atomic mass is 9.79. The van der Waals surface area contributed by atoms with Gasteiger partial charge in [0.25, 0.3) is 5.91 Å². The lowest BCUT2D eigenvalue weighted by Gasteiger charge is -2.37. The number of piperidine rings is 1. The first-order valence-corrected chi connectivity index (χ1v) is 10.1. The van der Waals surface area contributed by atoms with Crippen LogP contribution >= 0.6 is 11.6 Å². The zero-order chi connectivity index (χ0) is 18.9. The molecule has 1 aromatic carbocycles. The minimum atomic E-state index is -0.0550. The van der Waals surface area contributed by atoms with Crippen molar-refractivity contribution in [2.75, 3.05) is 33.4 Å². The van der Waals surface area contributed by atoms with E-state index in [0.29, 0.717) is 29.7 Å². The quantitative estimate of drug-likeness (QED) is 0.796. The van der Waals surface area contributed by atoms with Gasteiger partial charge in [-0.15, -0.1) is 0 Å². The molecular formula is C21H26ClN3O2. The Morgan fingerprint density at radius 2 is 2.11 bits per heavy atom. The third-order valence-corrected chi connectivity index (χ3v) is 6.00. The fourth-order valence-electron chi connectivity index (χ4n) is 3.99. The zero-order valence-corrected chi connectivity index (χ0v) is 16.4. The van der Waals surface area contributed by atoms with Crippen molar-refractivity contribution in [2.45, 2.75) is 31.6 Å². The van der Waals surface area contributed by atoms with E-state index in [1.807, 2.05) is 24.3 Å². The third-order valence-electron chi connectivity index (χ3n) is 5.77. The molecule has 2 aromatic rings. The Balaban J connectivity index is 1.60. The second kappa shape index (κ2) is 7.74. The first-order valence-electron chi connectivity index (χ1n) is 9.68. The molecule has 2 fully saturated rings. The maximum Gasteiger partial charge on any atom is 0.252 e. The van der Waals surface area contributed by atoms with Crippen LogP contribution in [-0.4, -0.2) is 44.2 Å². The summed E-state index contributed by atoms with van der Waals surface area (Å²) in [5.41, 5.74) is 2.52. The molecule has 0 radical (unpaired) electrons. The van der Waals surface area contributed by atoms with Crippen LogP contribution in [-0.2, 0) is 4.74 Å². The molecule has 0 spiro atoms. The highest BCUT2D eigenvalue weighted by molar-refractivity contribution is 6.31. The highest BCUT2D eigenvalue weighted by Crippen LogP contribution is 2.40. The van der Waals surface area contributed by atoms with Gasteiger partial charge in [0.15, 0.2) is 0 Å². The Labute approximate surface area is 164 Å². The maximum atomic E-state index is 13.1. The van der Waals surface area contributed by atoms with Crippen molar-refractivity contribution >= 4 is 28.4 Å². The lowest BCUT2D eigenvalue weighted by molar-refractivity contribution is 0.0512. The van der Waals surface area contributed by atoms with E-state index >= 15 is 0 Å². The Hall–Kier alpha value is -1.69. The number of hydrogen-bond acceptors (Lipinski definition) is 4. The van der Waals surface area contributed by atoms with Crippen LogP contribution in [0.5, 0.6) is 0 Å². The highest BCUT2D eigenvalue weighted by Gasteiger charge is 2.33. The van der Waals surface area contributed by atoms with E-state index in [1.165, 1.54) is 0 Å². The second-order valence-electron chi connectivity index (χ2n) is 7.90. The van der Waals surface area contributed by atoms with Crippen LogP contribution in [0, 0.1) is 5.41 Å². The Kier molecular flexibility index (Phi) is 5.35. The highest BCUT2D eigenvalue weighted by atomic mass is 35.5. The molecule has 4 rings (SSSR count). The predicted octanol–water partition coefficient (Wildman–Crippen LogP) is 3.51. The first-order chi connectivity index (χ1) is 13.1. The topological polar surface area (TPSA) is 63.2 Å². The standard InChI is InChI=1S/C21H26ClN3O2/c1-27-13-21(6-8-23-9-7-21)12-24-20(26)17-11-19(14-2-3-14)25-18-5-4-15(22)10-16(17)18/h4-5,10-11,14,23H,2-3,6-9,12-13H2,1H3,(H,24,26). The van der Waals surface area contributed by atoms with E-state index in [9.17, 15) is 4.79 Å². The molecule has 144 valence electrons. The largest absolute Gasteiger partial charge is 0.384 e. The fourth-order valence-corrected chi connectivity index (χ4v) is 4.17. The molecule has 6 heteroatoms. The SMILES string of the molecule is COCC1(CNC(=O)c2cc(C3CC3)nc3ccc(Cl)cc23)CCNCC1. The van der Waals surface area contributed by atoms with Gasteiger partial charge >= 0.3 is 0 Å². The van der Waals surface area contributed by atoms with Crippen molar-refractivity contribution in [3.63, 3.8) is 0 Å². The fraction of sp³-hybridized carbons (Fsp3) is 0.524. The predicted molar refractivity (Wildman–Crippen MR) is 107 cm³/mol. The van der Waals surface area contributed by atoms with E-state index in [4.69, 9.17) is 21.3 Å². The minimum Gasteiger partial charge on any atom is -0.384 e. The number of halogens is 1. The second-order valence-corrected chi connectivity index (χ2v) is 8.33. The number of fused-ring (bicyclic) bond motifs is 1. The third kappa shape index (κ3) is 4.10. The normalized spacial score (nSPS) is 19.2. The first kappa shape index (κ1) is 18.7. The van der Waals surface area contributed by atoms with Crippen LogP contribution in [0.3, 0.4) is 0 Å². The molecule has 1 saturated carbocycles. The summed E-state index contributed by atoms with van der Waals surface area (Å²) in [5.74, 6) is 0.432. The smallest absolute Gasteiger partial charge is 0.252 e. The van der Waals surface area contributed by atoms with Gasteiger partial charge in [-0.05, 0) is 63.0 Å². The molecule has 1 aliphatic carbocycles. The lowest BCUT2D eigenvalue weighted by Crippen LogP contribution is -2.47. The number of pyridine rings is 1. The van der Waals surface area contributed by atoms with Crippen LogP contribution in [0.25, 0.3) is 10.9 Å². The van der Waals surface area contributed by atoms with Crippen LogP contribution in [0.1, 0.15) is 47.7 Å². The molecule has 1 aromatic heterocycles. The van der Waals surface area contributed by atoms with Crippen molar-refractivity contribution in [3.05, 3.63) is 40.5 Å². The Bertz CT molecular complexity index is 839. The summed E-state index contributed by atoms with van der Waals surface area (Å²) in [6, 6.07) is 7.53. The van der Waals surface area contributed by atoms with Gasteiger partial charge in [0, 0.05) is 41.1 Å². The molecule has 1 amide bonds. The van der Waals surface area contributed by atoms with Gasteiger partial charge < -0.3 is 15.4 Å². The molecule has 1 aliphatic heterocycles. The summed E-state index contributed by atoms with van der Waals surface area (Å²) >= 11 is 6.19. The molecule has 2 N–H and O–H groups in total. The summed E-state index contributed by atoms with van der Waals surface area (Å²) in [6.07, 6.45) is 4.29. The minimum absolute atomic E-state index is 0.00450. The van der Waals surface area contributed by atoms with Crippen molar-refractivity contribution in [3.8, 4) is 0 Å². The van der Waals surface area contributed by atoms with Gasteiger partial charge in [-0.3, -0.25) is 9.78 Å². The van der Waals surface area contributed by atoms with Crippen molar-refractivity contribution in [1.29, 1.82) is 0 Å². The van der Waals surface area contributed by atoms with E-state index in [0.717, 1.165) is 55.4 Å². The maximum absolute atomic E-state index is 13.1. The van der Waals surface area contributed by atoms with Gasteiger partial charge in [0.05, 0.1) is 17.7 Å². The Morgan fingerprint density at radius 1 is 1.33 bits per heavy atom. The van der Waals surface area contributed by atoms with Crippen molar-refractivity contribution in [1.82, 2.24) is 15.6 Å². The number of aromatic nitrogens is 1. The van der Waals surface area contributed by atoms with Crippen molar-refractivity contribution in [2.24, 2.45) is 5.41 Å². The molecule has 0 bridgehead atoms. The molecule has 0 atom stereocenters. The average molecular weight is 388 g/mol. The molecular weight excluding hydrogens is 362 g/mol. The molecule has 27 heavy (non-hydrogen) atoms. The van der Waals surface area contributed by atoms with E-state index in [2.05, 4.69) is 10.6 Å². The molecule has 2 heterocycles. The molecule has 0 unspecified atom stereocenters. The molecule has 5 nitrogen and oxygen atoms in total. The van der Waals surface area contributed by atoms with E-state index < -0.39 is 0 Å². The van der Waals surface area contributed by atoms with Gasteiger partial charge in [0.1, 0.15) is 0 Å². The summed E-state index contributed by atoms with van der Waals surface area (Å²) in [6.45, 7) is 3.19. The number of hydrogen-bond donors (Lipinski definition) is 2. The van der Waals surface area contributed by atoms with E-state index in [-0.39, 0.29) is 11.3 Å². The molecule has 1 saturated heterocycles. The summed E-state index contributed by atoms with van der Waals surface area (Å²) in [7, 11) is 1.73. The van der Waals surface area contributed by atoms with Crippen LogP contribution in [0.4, 0.5) is 0 Å². The number of rotatable bonds is 6. The monoisotopic (exact) mass is 387 g/mol. The summed E-state index contributed by atoms with van der Waals surface area (Å²) in [4.78, 5) is 17.9. The number of nitrogens with one attached hydrogen (secondary N) is 2. The summed E-state index contributed by atoms with van der Waals surface area (Å²) < 4.78 is 5.46. The number of ether oxygens (including phenoxy) is 1. The molecule has 2 aliphatic rings. The summed E-state index contributed by atoms with van der Waals surface area (Å²) in [5, 5.41) is 7.99. The zero-order valence-electron chi connectivity index (χ0n) is 15.7. The van der Waals surface area contributed by atoms with E-state index in [1.54, 1.807) is 7.11 Å². The van der Waals surface area contributed by atoms with Gasteiger partial charge in [-0.2, -0.15) is 0 Å². The number of methoxy groups -OCH3 is 1. The number of benzene rings is 1. The number of carbonyl (C=O) groups excluding carboxylic acids is 1. The number of carbonyl (C=O) groups is 1. The van der Waals surface area contributed by atoms with Crippen LogP contribution in [0.2, 0.25) is 5.02 Å². The van der Waals surface area contributed by atoms with Crippen LogP contribution < -0.4 is 10.6 Å². The van der Waals surface area contributed by atoms with Gasteiger partial charge in [-0.1, -0.05) is 11.6 Å². The van der Waals surface area contributed by atoms with Gasteiger partial charge in [0.2, 0.25) is 0 Å². The van der Waals surface area contributed by atoms with Crippen LogP contribution in [0.15, 0.2) is 24.3 Å². The van der Waals surface area contributed by atoms with Crippen molar-refractivity contribution < 1.29 is 9.53 Å². The Morgan fingerprint density at radius 3 is 2.81 bits per heavy atom. The van der Waals surface area contributed by atoms with Gasteiger partial charge in [-0.25, -0.2) is 0 Å². The average Bonchev–Trinajstić information content (AvgIpc) is 3.52. The number of nitrogens with zero attached hydrogens (tertiary/aromatic N) is 1. The number of amides is 1.